The molecule has 0 radical (unpaired) electrons. The third kappa shape index (κ3) is 16.7. The van der Waals surface area contributed by atoms with E-state index in [4.69, 9.17) is 51.5 Å². The maximum absolute atomic E-state index is 12.6. The van der Waals surface area contributed by atoms with E-state index in [1.807, 2.05) is 51.3 Å². The molecule has 2 unspecified atom stereocenters. The number of aliphatic hydroxyl groups is 3. The van der Waals surface area contributed by atoms with Crippen LogP contribution >= 0.6 is 0 Å². The molecule has 6 saturated heterocycles. The fourth-order valence-electron chi connectivity index (χ4n) is 32.9. The predicted molar refractivity (Wildman–Crippen MR) is 497 cm³/mol. The molecule has 21 nitrogen and oxygen atoms in total. The Balaban J connectivity index is 0.000000211. The van der Waals surface area contributed by atoms with Gasteiger partial charge in [-0.3, -0.25) is 14.6 Å². The highest BCUT2D eigenvalue weighted by atomic mass is 28.4. The van der Waals surface area contributed by atoms with Gasteiger partial charge in [-0.2, -0.15) is 0 Å². The van der Waals surface area contributed by atoms with Gasteiger partial charge in [0.1, 0.15) is 17.3 Å². The zero-order chi connectivity index (χ0) is 89.6. The minimum Gasteiger partial charge on any atom is -0.457 e. The number of hydrogen-bond acceptors (Lipinski definition) is 19. The summed E-state index contributed by atoms with van der Waals surface area (Å²) in [7, 11) is -4.16. The summed E-state index contributed by atoms with van der Waals surface area (Å²) in [5, 5.41) is 33.9. The molecule has 125 heavy (non-hydrogen) atoms. The predicted octanol–water partition coefficient (Wildman–Crippen LogP) is 19.6. The number of fused-ring (bicyclic) bond motifs is 8. The number of aliphatic hydroxyl groups excluding tert-OH is 1. The van der Waals surface area contributed by atoms with Crippen molar-refractivity contribution in [3.8, 4) is 0 Å². The number of rotatable bonds is 23. The Hall–Kier alpha value is -2.08. The monoisotopic (exact) mass is 1790 g/mol. The first-order valence-corrected chi connectivity index (χ1v) is 55.2. The van der Waals surface area contributed by atoms with Crippen LogP contribution in [0.4, 0.5) is 9.59 Å². The molecule has 0 aromatic carbocycles. The minimum absolute atomic E-state index is 0. The minimum atomic E-state index is -2.10. The fraction of sp³-hybridized carbons (Fsp3) is 0.971. The van der Waals surface area contributed by atoms with Crippen molar-refractivity contribution in [2.24, 2.45) is 113 Å². The molecule has 16 aliphatic rings. The molecule has 10 aliphatic carbocycles. The third-order valence-corrected chi connectivity index (χ3v) is 48.8. The molecule has 4 spiro atoms. The Morgan fingerprint density at radius 3 is 1.18 bits per heavy atom. The summed E-state index contributed by atoms with van der Waals surface area (Å²) in [5.74, 6) is 4.23. The Morgan fingerprint density at radius 1 is 0.480 bits per heavy atom. The van der Waals surface area contributed by atoms with Crippen molar-refractivity contribution < 1.29 is 81.2 Å². The Labute approximate surface area is 760 Å². The molecular formula is C102H182N4O17Si2. The fourth-order valence-corrected chi connectivity index (χ4v) is 38.8. The lowest BCUT2D eigenvalue weighted by atomic mass is 9.41. The van der Waals surface area contributed by atoms with E-state index in [1.54, 1.807) is 27.7 Å². The van der Waals surface area contributed by atoms with Crippen molar-refractivity contribution in [1.29, 1.82) is 0 Å². The second kappa shape index (κ2) is 34.9. The number of carbonyl (C=O) groups excluding carboxylic acids is 3. The average molecular weight is 1790 g/mol. The number of carbonyl (C=O) groups is 3. The van der Waals surface area contributed by atoms with Crippen LogP contribution in [0, 0.1) is 113 Å². The average Bonchev–Trinajstić information content (AvgIpc) is 1.46. The second-order valence-electron chi connectivity index (χ2n) is 49.4. The molecule has 16 rings (SSSR count). The number of morpholine rings is 2. The summed E-state index contributed by atoms with van der Waals surface area (Å²) in [6.07, 6.45) is 15.3. The molecule has 0 aromatic rings. The number of amides is 2. The van der Waals surface area contributed by atoms with E-state index in [-0.39, 0.29) is 115 Å². The van der Waals surface area contributed by atoms with Crippen LogP contribution in [0.25, 0.3) is 0 Å². The van der Waals surface area contributed by atoms with E-state index >= 15 is 0 Å². The molecular weight excluding hydrogens is 1610 g/mol. The quantitative estimate of drug-likeness (QED) is 0.0491. The lowest BCUT2D eigenvalue weighted by molar-refractivity contribution is -0.249. The highest BCUT2D eigenvalue weighted by Gasteiger charge is 2.88. The van der Waals surface area contributed by atoms with Crippen molar-refractivity contribution in [3.63, 3.8) is 0 Å². The number of nitrogens with zero attached hydrogens (tertiary/aromatic N) is 4. The van der Waals surface area contributed by atoms with Gasteiger partial charge >= 0.3 is 18.2 Å². The molecule has 10 saturated carbocycles. The molecule has 6 heterocycles. The van der Waals surface area contributed by atoms with Gasteiger partial charge in [-0.05, 0) is 299 Å². The maximum Gasteiger partial charge on any atom is 0.410 e. The summed E-state index contributed by atoms with van der Waals surface area (Å²) in [6, 6.07) is 6.60. The Kier molecular flexibility index (Phi) is 28.0. The number of hydrogen-bond donors (Lipinski definition) is 3. The van der Waals surface area contributed by atoms with E-state index in [9.17, 15) is 29.7 Å². The molecule has 3 N–H and O–H groups in total. The normalized spacial score (nSPS) is 43.2. The van der Waals surface area contributed by atoms with Crippen LogP contribution < -0.4 is 0 Å². The van der Waals surface area contributed by atoms with Gasteiger partial charge in [-0.25, -0.2) is 9.59 Å². The zero-order valence-electron chi connectivity index (χ0n) is 82.1. The van der Waals surface area contributed by atoms with E-state index in [0.717, 1.165) is 127 Å². The van der Waals surface area contributed by atoms with Gasteiger partial charge < -0.3 is 76.6 Å². The topological polar surface area (TPSA) is 226 Å². The summed E-state index contributed by atoms with van der Waals surface area (Å²) < 4.78 is 74.5. The number of esters is 1. The van der Waals surface area contributed by atoms with Crippen molar-refractivity contribution in [1.82, 2.24) is 19.6 Å². The van der Waals surface area contributed by atoms with Gasteiger partial charge in [0, 0.05) is 95.0 Å². The van der Waals surface area contributed by atoms with Gasteiger partial charge in [0.05, 0.1) is 73.2 Å². The largest absolute Gasteiger partial charge is 0.457 e. The van der Waals surface area contributed by atoms with Gasteiger partial charge in [-0.1, -0.05) is 126 Å². The van der Waals surface area contributed by atoms with Crippen LogP contribution in [0.2, 0.25) is 36.3 Å². The lowest BCUT2D eigenvalue weighted by Crippen LogP contribution is -2.61. The van der Waals surface area contributed by atoms with Crippen molar-refractivity contribution in [3.05, 3.63) is 0 Å². The van der Waals surface area contributed by atoms with E-state index < -0.39 is 63.5 Å². The summed E-state index contributed by atoms with van der Waals surface area (Å²) in [6.45, 7) is 69.1. The van der Waals surface area contributed by atoms with E-state index in [2.05, 4.69) is 121 Å². The van der Waals surface area contributed by atoms with Crippen LogP contribution in [0.3, 0.4) is 0 Å². The summed E-state index contributed by atoms with van der Waals surface area (Å²) >= 11 is 0. The van der Waals surface area contributed by atoms with Crippen LogP contribution in [0.5, 0.6) is 0 Å². The van der Waals surface area contributed by atoms with E-state index in [1.165, 1.54) is 84.0 Å². The van der Waals surface area contributed by atoms with Gasteiger partial charge in [0.25, 0.3) is 0 Å². The zero-order valence-corrected chi connectivity index (χ0v) is 84.1. The van der Waals surface area contributed by atoms with Gasteiger partial charge in [0.2, 0.25) is 0 Å². The van der Waals surface area contributed by atoms with Crippen LogP contribution in [-0.2, 0) is 56.3 Å². The molecule has 2 amide bonds. The summed E-state index contributed by atoms with van der Waals surface area (Å²) in [5.41, 5.74) is -2.11. The SMILES string of the molecule is C.C.CC[Si](CC)(CC)O[C@H]1[C@H]2O[C@@H]([C@H](O)C(C)(C)O)C[C@@H](C)[C@@H]2[C@@]2(C)CC[C@@]34CC35CC[C@H](O[C@H]3CN(CC6CN(C(=O)OC(C)(C)C)C6)CCO3)C(C)(C)[C@@H]5CC[C@H]4[C@]12C.CC[Si](CC)(CC)O[C@H]1[C@H]2O[C@@H]([C@H](OC(C)=O)C(C)(C)O)C[C@@H](C)[C@@H]2[C@@]2(C)CC[C@@]34CC35CC[C@H](O[C@H]3CN(CC6CN(C(=O)OC(C)(C)C)C6)CCO3)C(C)(C)[C@@H]5CC[C@H]4[C@]12C. The summed E-state index contributed by atoms with van der Waals surface area (Å²) in [4.78, 5) is 46.2. The maximum atomic E-state index is 12.6. The molecule has 16 fully saturated rings. The van der Waals surface area contributed by atoms with Crippen LogP contribution in [0.1, 0.15) is 305 Å². The first-order valence-electron chi connectivity index (χ1n) is 50.2. The van der Waals surface area contributed by atoms with Gasteiger partial charge in [-0.15, -0.1) is 0 Å². The molecule has 0 aromatic heterocycles. The van der Waals surface area contributed by atoms with Crippen molar-refractivity contribution in [2.45, 2.75) is 437 Å². The first-order chi connectivity index (χ1) is 57.3. The first kappa shape index (κ1) is 100. The van der Waals surface area contributed by atoms with Crippen LogP contribution in [0.15, 0.2) is 0 Å². The molecule has 720 valence electrons. The molecule has 23 heteroatoms. The molecule has 28 atom stereocenters. The lowest BCUT2D eigenvalue weighted by Gasteiger charge is -2.64. The van der Waals surface area contributed by atoms with E-state index in [0.29, 0.717) is 94.1 Å². The number of ether oxygens (including phenoxy) is 9. The third-order valence-electron chi connectivity index (χ3n) is 39.6. The van der Waals surface area contributed by atoms with Crippen LogP contribution in [-0.4, -0.2) is 244 Å². The highest BCUT2D eigenvalue weighted by Crippen LogP contribution is 2.92. The molecule has 0 bridgehead atoms. The highest BCUT2D eigenvalue weighted by molar-refractivity contribution is 6.74. The van der Waals surface area contributed by atoms with Gasteiger partial charge in [0.15, 0.2) is 35.3 Å². The number of likely N-dealkylation sites (tertiary alicyclic amines) is 2. The second-order valence-corrected chi connectivity index (χ2v) is 58.9. The smallest absolute Gasteiger partial charge is 0.410 e. The van der Waals surface area contributed by atoms with Crippen molar-refractivity contribution in [2.75, 3.05) is 78.7 Å². The molecule has 6 aliphatic heterocycles. The van der Waals surface area contributed by atoms with Crippen molar-refractivity contribution >= 4 is 34.8 Å². The standard InChI is InChI=1S/C51H88N2O9Si.C49H86N2O8Si.2CH4/c1-15-63(16-2,17-3)62-43-41-40(32(4)26-35(59-41)42(47(11,12)56)58-33(5)54)48(13)22-23-51-31-50(51)21-20-38(46(9,10)36(50)18-19-37(51)49(43,48)14)60-39-30-52(24-25-57-39)27-34-28-53(29-34)44(55)61-45(6,7)8;1-14-60(15-2,16-3)59-41-39-38(31(4)25-33(56-39)40(52)45(10,11)54)46(12)21-22-49-30-48(49)20-19-36(44(8,9)34(48)17-18-35(49)47(41,46)13)57-37-29-50(23-24-55-37)26-32-27-51(28-32)42(53)58-43(5,6)7;;/h32,34-43,56H,15-31H2,1-14H3;31-41,52,54H,14-30H2,1-13H3;2*1H4/t32-,35-,36+,37+,38+,39+,40+,41+,42+,43+,48-,49-,50?,51+;31-,33-,34+,35+,36+,37+,38+,39+,40+,41+,46-,47-,48?,49+;;/m11../s1. The Bertz CT molecular complexity index is 3750. The Morgan fingerprint density at radius 2 is 0.832 bits per heavy atom.